The monoisotopic (exact) mass is 274 g/mol. The highest BCUT2D eigenvalue weighted by atomic mass is 79.9. The van der Waals surface area contributed by atoms with Crippen molar-refractivity contribution in [2.45, 2.75) is 0 Å². The average molecular weight is 275 g/mol. The summed E-state index contributed by atoms with van der Waals surface area (Å²) in [4.78, 5) is 3.82. The van der Waals surface area contributed by atoms with Crippen molar-refractivity contribution in [1.29, 1.82) is 0 Å². The maximum Gasteiger partial charge on any atom is 0.298 e. The van der Waals surface area contributed by atoms with Gasteiger partial charge in [0.25, 0.3) is 5.19 Å². The molecule has 1 aromatic carbocycles. The Kier molecular flexibility index (Phi) is 2.74. The largest absolute Gasteiger partial charge is 0.429 e. The van der Waals surface area contributed by atoms with Crippen molar-refractivity contribution in [2.75, 3.05) is 0 Å². The molecule has 3 nitrogen and oxygen atoms in total. The van der Waals surface area contributed by atoms with Crippen LogP contribution in [-0.4, -0.2) is 9.36 Å². The van der Waals surface area contributed by atoms with Gasteiger partial charge < -0.3 is 4.74 Å². The molecule has 1 aromatic heterocycles. The van der Waals surface area contributed by atoms with Crippen LogP contribution in [0, 0.1) is 5.82 Å². The van der Waals surface area contributed by atoms with E-state index in [-0.39, 0.29) is 5.82 Å². The summed E-state index contributed by atoms with van der Waals surface area (Å²) < 4.78 is 22.6. The van der Waals surface area contributed by atoms with E-state index in [2.05, 4.69) is 25.3 Å². The zero-order chi connectivity index (χ0) is 9.97. The molecule has 0 aliphatic rings. The molecule has 6 heteroatoms. The lowest BCUT2D eigenvalue weighted by atomic mass is 10.3. The van der Waals surface area contributed by atoms with Gasteiger partial charge >= 0.3 is 0 Å². The molecule has 0 spiro atoms. The van der Waals surface area contributed by atoms with Crippen LogP contribution in [0.4, 0.5) is 4.39 Å². The second-order valence-corrected chi connectivity index (χ2v) is 3.98. The number of ether oxygens (including phenoxy) is 1. The van der Waals surface area contributed by atoms with Gasteiger partial charge in [-0.05, 0) is 28.1 Å². The fraction of sp³-hybridized carbons (Fsp3) is 0. The summed E-state index contributed by atoms with van der Waals surface area (Å²) in [5, 5.41) is 0.385. The first-order valence-electron chi connectivity index (χ1n) is 3.65. The van der Waals surface area contributed by atoms with E-state index in [1.807, 2.05) is 0 Å². The summed E-state index contributed by atoms with van der Waals surface area (Å²) in [6.07, 6.45) is 1.38. The second kappa shape index (κ2) is 4.02. The molecule has 0 unspecified atom stereocenters. The van der Waals surface area contributed by atoms with E-state index >= 15 is 0 Å². The van der Waals surface area contributed by atoms with Crippen molar-refractivity contribution in [3.63, 3.8) is 0 Å². The molecular formula is C8H4BrFN2OS. The normalized spacial score (nSPS) is 10.1. The third-order valence-electron chi connectivity index (χ3n) is 1.43. The topological polar surface area (TPSA) is 35.0 Å². The number of rotatable bonds is 2. The van der Waals surface area contributed by atoms with Crippen molar-refractivity contribution in [3.8, 4) is 10.9 Å². The van der Waals surface area contributed by atoms with Crippen LogP contribution in [0.3, 0.4) is 0 Å². The maximum absolute atomic E-state index is 12.8. The van der Waals surface area contributed by atoms with E-state index in [0.717, 1.165) is 11.5 Å². The Morgan fingerprint density at radius 1 is 1.43 bits per heavy atom. The SMILES string of the molecule is Fc1ccc(Br)c(Oc2ncns2)c1. The minimum absolute atomic E-state index is 0.354. The van der Waals surface area contributed by atoms with Crippen molar-refractivity contribution in [3.05, 3.63) is 34.8 Å². The number of benzene rings is 1. The van der Waals surface area contributed by atoms with Crippen LogP contribution in [-0.2, 0) is 0 Å². The highest BCUT2D eigenvalue weighted by molar-refractivity contribution is 9.10. The number of hydrogen-bond acceptors (Lipinski definition) is 4. The molecule has 0 fully saturated rings. The summed E-state index contributed by atoms with van der Waals surface area (Å²) in [6, 6.07) is 4.20. The van der Waals surface area contributed by atoms with Crippen LogP contribution in [0.15, 0.2) is 29.0 Å². The minimum Gasteiger partial charge on any atom is -0.429 e. The lowest BCUT2D eigenvalue weighted by Gasteiger charge is -2.02. The summed E-state index contributed by atoms with van der Waals surface area (Å²) in [6.45, 7) is 0. The van der Waals surface area contributed by atoms with Gasteiger partial charge in [-0.25, -0.2) is 4.39 Å². The van der Waals surface area contributed by atoms with Crippen molar-refractivity contribution in [2.24, 2.45) is 0 Å². The molecule has 2 aromatic rings. The number of halogens is 2. The Hall–Kier alpha value is -1.01. The van der Waals surface area contributed by atoms with Crippen molar-refractivity contribution >= 4 is 27.5 Å². The van der Waals surface area contributed by atoms with Gasteiger partial charge in [0.2, 0.25) is 0 Å². The van der Waals surface area contributed by atoms with Crippen LogP contribution in [0.1, 0.15) is 0 Å². The molecule has 0 atom stereocenters. The van der Waals surface area contributed by atoms with E-state index in [0.29, 0.717) is 15.4 Å². The van der Waals surface area contributed by atoms with E-state index in [1.54, 1.807) is 6.07 Å². The summed E-state index contributed by atoms with van der Waals surface area (Å²) in [7, 11) is 0. The number of aromatic nitrogens is 2. The second-order valence-electron chi connectivity index (χ2n) is 2.38. The molecule has 0 saturated heterocycles. The van der Waals surface area contributed by atoms with Gasteiger partial charge in [-0.15, -0.1) is 0 Å². The summed E-state index contributed by atoms with van der Waals surface area (Å²) in [5.41, 5.74) is 0. The summed E-state index contributed by atoms with van der Waals surface area (Å²) in [5.74, 6) is 0.0365. The molecule has 0 amide bonds. The van der Waals surface area contributed by atoms with E-state index < -0.39 is 0 Å². The molecule has 14 heavy (non-hydrogen) atoms. The Morgan fingerprint density at radius 3 is 3.00 bits per heavy atom. The third kappa shape index (κ3) is 2.08. The highest BCUT2D eigenvalue weighted by Crippen LogP contribution is 2.30. The molecule has 0 aliphatic carbocycles. The van der Waals surface area contributed by atoms with Crippen LogP contribution >= 0.6 is 27.5 Å². The van der Waals surface area contributed by atoms with Crippen molar-refractivity contribution in [1.82, 2.24) is 9.36 Å². The van der Waals surface area contributed by atoms with Crippen LogP contribution < -0.4 is 4.74 Å². The molecule has 0 radical (unpaired) electrons. The molecule has 0 aliphatic heterocycles. The lowest BCUT2D eigenvalue weighted by Crippen LogP contribution is -1.85. The molecular weight excluding hydrogens is 271 g/mol. The van der Waals surface area contributed by atoms with Gasteiger partial charge in [-0.2, -0.15) is 9.36 Å². The Labute approximate surface area is 91.9 Å². The Morgan fingerprint density at radius 2 is 2.29 bits per heavy atom. The first kappa shape index (κ1) is 9.54. The average Bonchev–Trinajstić information content (AvgIpc) is 2.64. The zero-order valence-corrected chi connectivity index (χ0v) is 9.18. The smallest absolute Gasteiger partial charge is 0.298 e. The number of nitrogens with zero attached hydrogens (tertiary/aromatic N) is 2. The molecule has 0 saturated carbocycles. The molecule has 72 valence electrons. The Bertz CT molecular complexity index is 435. The van der Waals surface area contributed by atoms with Crippen LogP contribution in [0.2, 0.25) is 0 Å². The van der Waals surface area contributed by atoms with Gasteiger partial charge in [0.1, 0.15) is 17.9 Å². The predicted molar refractivity (Wildman–Crippen MR) is 54.1 cm³/mol. The predicted octanol–water partition coefficient (Wildman–Crippen LogP) is 3.23. The standard InChI is InChI=1S/C8H4BrFN2OS/c9-6-2-1-5(10)3-7(6)13-8-11-4-12-14-8/h1-4H. The fourth-order valence-electron chi connectivity index (χ4n) is 0.857. The first-order valence-corrected chi connectivity index (χ1v) is 5.22. The fourth-order valence-corrected chi connectivity index (χ4v) is 1.59. The van der Waals surface area contributed by atoms with E-state index in [1.165, 1.54) is 18.5 Å². The van der Waals surface area contributed by atoms with Gasteiger partial charge in [0.05, 0.1) is 4.47 Å². The van der Waals surface area contributed by atoms with Crippen molar-refractivity contribution < 1.29 is 9.13 Å². The van der Waals surface area contributed by atoms with Crippen LogP contribution in [0.5, 0.6) is 10.9 Å². The number of hydrogen-bond donors (Lipinski definition) is 0. The minimum atomic E-state index is -0.354. The quantitative estimate of drug-likeness (QED) is 0.844. The first-order chi connectivity index (χ1) is 6.75. The zero-order valence-electron chi connectivity index (χ0n) is 6.78. The highest BCUT2D eigenvalue weighted by Gasteiger charge is 2.06. The van der Waals surface area contributed by atoms with E-state index in [9.17, 15) is 4.39 Å². The van der Waals surface area contributed by atoms with E-state index in [4.69, 9.17) is 4.74 Å². The molecule has 1 heterocycles. The Balaban J connectivity index is 2.28. The van der Waals surface area contributed by atoms with Gasteiger partial charge in [-0.3, -0.25) is 0 Å². The van der Waals surface area contributed by atoms with Crippen LogP contribution in [0.25, 0.3) is 0 Å². The van der Waals surface area contributed by atoms with Gasteiger partial charge in [0, 0.05) is 17.6 Å². The van der Waals surface area contributed by atoms with Gasteiger partial charge in [-0.1, -0.05) is 0 Å². The maximum atomic E-state index is 12.8. The lowest BCUT2D eigenvalue weighted by molar-refractivity contribution is 0.470. The molecule has 0 bridgehead atoms. The van der Waals surface area contributed by atoms with Gasteiger partial charge in [0.15, 0.2) is 0 Å². The molecule has 2 rings (SSSR count). The molecule has 0 N–H and O–H groups in total. The summed E-state index contributed by atoms with van der Waals surface area (Å²) >= 11 is 4.35. The third-order valence-corrected chi connectivity index (χ3v) is 2.63.